The van der Waals surface area contributed by atoms with Gasteiger partial charge in [-0.25, -0.2) is 132 Å². The van der Waals surface area contributed by atoms with E-state index in [-0.39, 0.29) is 0 Å². The fraction of sp³-hybridized carbons (Fsp3) is 0.0769. The highest BCUT2D eigenvalue weighted by atomic mass is 19.2. The predicted molar refractivity (Wildman–Crippen MR) is 169 cm³/mol. The number of benzene rings is 6. The van der Waals surface area contributed by atoms with Crippen LogP contribution in [0.1, 0.15) is 50.8 Å². The highest BCUT2D eigenvalue weighted by Gasteiger charge is 2.57. The minimum atomic E-state index is -5.59. The minimum absolute atomic E-state index is 3.60. The molecule has 0 aliphatic rings. The molecule has 0 spiro atoms. The van der Waals surface area contributed by atoms with E-state index in [2.05, 4.69) is 0 Å². The molecule has 0 radical (unpaired) electrons. The molecule has 0 saturated heterocycles. The molecule has 0 atom stereocenters. The topological polar surface area (TPSA) is 0 Å². The van der Waals surface area contributed by atoms with Gasteiger partial charge in [0.25, 0.3) is 0 Å². The van der Waals surface area contributed by atoms with Crippen LogP contribution in [0.25, 0.3) is 0 Å². The molecule has 70 heavy (non-hydrogen) atoms. The summed E-state index contributed by atoms with van der Waals surface area (Å²) >= 11 is 0. The summed E-state index contributed by atoms with van der Waals surface area (Å²) in [7, 11) is 0. The Morgan fingerprint density at radius 1 is 0.129 bits per heavy atom. The fourth-order valence-corrected chi connectivity index (χ4v) is 7.53. The molecule has 0 fully saturated rings. The molecule has 0 aromatic heterocycles. The molecule has 0 saturated carbocycles. The SMILES string of the molecule is Fc1c(F)c(F)c(C(B(C(c2c(F)c(F)c(F)c(F)c2F)c2c(F)c(F)c(F)c(F)c2F)C(c2c(F)c(F)c(F)c(F)c2F)c2c(F)c(F)c(F)c(F)c2F)c2c(F)c(F)c(F)c(F)c2F)c(F)c1F. The van der Waals surface area contributed by atoms with Gasteiger partial charge in [-0.05, 0) is 0 Å². The average Bonchev–Trinajstić information content (AvgIpc) is 3.33. The van der Waals surface area contributed by atoms with Crippen molar-refractivity contribution in [3.05, 3.63) is 208 Å². The second kappa shape index (κ2) is 18.2. The molecule has 0 unspecified atom stereocenters. The molecule has 6 rings (SSSR count). The van der Waals surface area contributed by atoms with Gasteiger partial charge in [0.15, 0.2) is 146 Å². The van der Waals surface area contributed by atoms with E-state index >= 15 is 105 Å². The molecule has 0 heterocycles. The van der Waals surface area contributed by atoms with Gasteiger partial charge in [0.2, 0.25) is 34.9 Å². The molecule has 0 N–H and O–H groups in total. The van der Waals surface area contributed by atoms with Crippen molar-refractivity contribution in [1.29, 1.82) is 0 Å². The Morgan fingerprint density at radius 3 is 0.286 bits per heavy atom. The first kappa shape index (κ1) is 52.7. The molecule has 0 nitrogen and oxygen atoms in total. The molecule has 6 aromatic carbocycles. The minimum Gasteiger partial charge on any atom is -0.203 e. The van der Waals surface area contributed by atoms with Crippen LogP contribution in [0.2, 0.25) is 0 Å². The van der Waals surface area contributed by atoms with Crippen LogP contribution in [0, 0.1) is 175 Å². The van der Waals surface area contributed by atoms with Gasteiger partial charge in [0, 0.05) is 50.8 Å². The van der Waals surface area contributed by atoms with Crippen molar-refractivity contribution in [2.75, 3.05) is 0 Å². The second-order valence-electron chi connectivity index (χ2n) is 13.9. The summed E-state index contributed by atoms with van der Waals surface area (Å²) in [6.07, 6.45) is 0. The van der Waals surface area contributed by atoms with Crippen LogP contribution < -0.4 is 0 Å². The lowest BCUT2D eigenvalue weighted by Gasteiger charge is -2.39. The summed E-state index contributed by atoms with van der Waals surface area (Å²) in [5.41, 5.74) is -22.5. The zero-order chi connectivity index (χ0) is 53.1. The first-order chi connectivity index (χ1) is 32.3. The highest BCUT2D eigenvalue weighted by Crippen LogP contribution is 2.54. The quantitative estimate of drug-likeness (QED) is 0.0586. The standard InChI is InChI=1S/C39H3BF30/c41-10-1(11(42)23(54)34(65)22(10)53)7(2-12(43)24(55)35(66)25(56)13(2)44)40(8(3-14(45)26(57)36(67)27(58)15(3)46)4-16(47)28(59)37(68)29(60)17(4)48)9(5-18(49)30(61)38(69)31(62)19(5)50)6-20(51)32(63)39(70)33(64)21(6)52/h7-9H. The van der Waals surface area contributed by atoms with E-state index in [9.17, 15) is 26.3 Å². The largest absolute Gasteiger partial charge is 0.203 e. The lowest BCUT2D eigenvalue weighted by Crippen LogP contribution is -2.45. The van der Waals surface area contributed by atoms with Gasteiger partial charge in [0.05, 0.1) is 0 Å². The van der Waals surface area contributed by atoms with Gasteiger partial charge in [-0.3, -0.25) is 0 Å². The van der Waals surface area contributed by atoms with Crippen molar-refractivity contribution in [3.63, 3.8) is 0 Å². The number of hydrogen-bond donors (Lipinski definition) is 0. The van der Waals surface area contributed by atoms with Crippen LogP contribution in [0.5, 0.6) is 0 Å². The van der Waals surface area contributed by atoms with E-state index in [1.807, 2.05) is 0 Å². The summed E-state index contributed by atoms with van der Waals surface area (Å²) in [5, 5.41) is 0. The Kier molecular flexibility index (Phi) is 13.7. The maximum atomic E-state index is 16.2. The molecular weight excluding hydrogens is 1050 g/mol. The van der Waals surface area contributed by atoms with E-state index in [4.69, 9.17) is 0 Å². The van der Waals surface area contributed by atoms with Crippen LogP contribution >= 0.6 is 0 Å². The van der Waals surface area contributed by atoms with Crippen molar-refractivity contribution >= 4 is 6.71 Å². The third-order valence-electron chi connectivity index (χ3n) is 10.5. The third kappa shape index (κ3) is 7.42. The van der Waals surface area contributed by atoms with E-state index in [1.54, 1.807) is 0 Å². The van der Waals surface area contributed by atoms with Gasteiger partial charge < -0.3 is 0 Å². The molecule has 0 amide bonds. The molecule has 0 aliphatic carbocycles. The molecule has 372 valence electrons. The normalized spacial score (nSPS) is 12.0. The van der Waals surface area contributed by atoms with Crippen LogP contribution in [-0.2, 0) is 0 Å². The van der Waals surface area contributed by atoms with Gasteiger partial charge >= 0.3 is 0 Å². The van der Waals surface area contributed by atoms with Gasteiger partial charge in [-0.15, -0.1) is 0 Å². The summed E-state index contributed by atoms with van der Waals surface area (Å²) in [5.74, 6) is -131. The monoisotopic (exact) mass is 1050 g/mol. The zero-order valence-electron chi connectivity index (χ0n) is 31.6. The number of halogens is 30. The Labute approximate surface area is 364 Å². The van der Waals surface area contributed by atoms with Gasteiger partial charge in [-0.2, -0.15) is 0 Å². The van der Waals surface area contributed by atoms with Crippen molar-refractivity contribution in [2.24, 2.45) is 0 Å². The lowest BCUT2D eigenvalue weighted by atomic mass is 9.23. The van der Waals surface area contributed by atoms with E-state index in [1.165, 1.54) is 0 Å². The third-order valence-corrected chi connectivity index (χ3v) is 10.5. The summed E-state index contributed by atoms with van der Waals surface area (Å²) in [4.78, 5) is 0. The number of rotatable bonds is 9. The summed E-state index contributed by atoms with van der Waals surface area (Å²) < 4.78 is 465. The van der Waals surface area contributed by atoms with Gasteiger partial charge in [-0.1, -0.05) is 0 Å². The highest BCUT2D eigenvalue weighted by molar-refractivity contribution is 6.66. The molecule has 0 bridgehead atoms. The molecular formula is C39H3BF30. The average molecular weight is 1050 g/mol. The van der Waals surface area contributed by atoms with E-state index in [0.717, 1.165) is 0 Å². The molecule has 31 heteroatoms. The Bertz CT molecular complexity index is 2540. The van der Waals surface area contributed by atoms with Crippen LogP contribution in [0.3, 0.4) is 0 Å². The Hall–Kier alpha value is -6.72. The maximum absolute atomic E-state index is 16.2. The molecule has 0 aliphatic heterocycles. The first-order valence-corrected chi connectivity index (χ1v) is 17.4. The van der Waals surface area contributed by atoms with E-state index in [0.29, 0.717) is 0 Å². The van der Waals surface area contributed by atoms with Crippen LogP contribution in [0.15, 0.2) is 0 Å². The zero-order valence-corrected chi connectivity index (χ0v) is 31.6. The Balaban J connectivity index is 2.20. The van der Waals surface area contributed by atoms with E-state index < -0.39 is 232 Å². The smallest absolute Gasteiger partial charge is 0.200 e. The van der Waals surface area contributed by atoms with Crippen molar-refractivity contribution in [1.82, 2.24) is 0 Å². The second-order valence-corrected chi connectivity index (χ2v) is 13.9. The summed E-state index contributed by atoms with van der Waals surface area (Å²) in [6.45, 7) is -5.59. The maximum Gasteiger partial charge on any atom is 0.200 e. The predicted octanol–water partition coefficient (Wildman–Crippen LogP) is 13.8. The molecule has 6 aromatic rings. The van der Waals surface area contributed by atoms with Crippen molar-refractivity contribution in [3.8, 4) is 0 Å². The van der Waals surface area contributed by atoms with Crippen molar-refractivity contribution < 1.29 is 132 Å². The van der Waals surface area contributed by atoms with Crippen LogP contribution in [0.4, 0.5) is 132 Å². The number of hydrogen-bond acceptors (Lipinski definition) is 0. The van der Waals surface area contributed by atoms with Gasteiger partial charge in [0.1, 0.15) is 0 Å². The fourth-order valence-electron chi connectivity index (χ4n) is 7.53. The Morgan fingerprint density at radius 2 is 0.200 bits per heavy atom. The lowest BCUT2D eigenvalue weighted by molar-refractivity contribution is 0.353. The summed E-state index contributed by atoms with van der Waals surface area (Å²) in [6, 6.07) is 0. The first-order valence-electron chi connectivity index (χ1n) is 17.4. The van der Waals surface area contributed by atoms with Crippen LogP contribution in [-0.4, -0.2) is 6.71 Å². The van der Waals surface area contributed by atoms with Crippen molar-refractivity contribution in [2.45, 2.75) is 17.5 Å².